The third-order valence-electron chi connectivity index (χ3n) is 4.02. The molecule has 8 heteroatoms. The van der Waals surface area contributed by atoms with Gasteiger partial charge in [-0.15, -0.1) is 0 Å². The van der Waals surface area contributed by atoms with E-state index in [-0.39, 0.29) is 18.4 Å². The van der Waals surface area contributed by atoms with Crippen molar-refractivity contribution in [1.29, 1.82) is 0 Å². The number of carbonyl (C=O) groups excluding carboxylic acids is 2. The van der Waals surface area contributed by atoms with Crippen molar-refractivity contribution < 1.29 is 23.9 Å². The molecule has 0 aliphatic carbocycles. The molecule has 148 valence electrons. The van der Waals surface area contributed by atoms with Gasteiger partial charge in [-0.25, -0.2) is 9.18 Å². The standard InChI is InChI=1S/C20H20BrFN2O4/c1-12(25)23-17(11-14-6-2-3-8-16(14)22)19(26)24-18(20(27)28)10-13-5-4-7-15(21)9-13/h2-9,17-18H,10-11H2,1H3,(H,23,25)(H,24,26)(H,27,28)/t17-,18-/m0/s1. The van der Waals surface area contributed by atoms with Crippen molar-refractivity contribution >= 4 is 33.7 Å². The Morgan fingerprint density at radius 1 is 1.04 bits per heavy atom. The van der Waals surface area contributed by atoms with Crippen molar-refractivity contribution in [1.82, 2.24) is 10.6 Å². The fraction of sp³-hybridized carbons (Fsp3) is 0.250. The highest BCUT2D eigenvalue weighted by Crippen LogP contribution is 2.14. The molecule has 0 fully saturated rings. The summed E-state index contributed by atoms with van der Waals surface area (Å²) in [7, 11) is 0. The molecule has 2 amide bonds. The summed E-state index contributed by atoms with van der Waals surface area (Å²) >= 11 is 3.32. The number of carbonyl (C=O) groups is 3. The Bertz CT molecular complexity index is 875. The highest BCUT2D eigenvalue weighted by molar-refractivity contribution is 9.10. The summed E-state index contributed by atoms with van der Waals surface area (Å²) in [4.78, 5) is 35.7. The average molecular weight is 451 g/mol. The topological polar surface area (TPSA) is 95.5 Å². The first-order valence-electron chi connectivity index (χ1n) is 8.54. The van der Waals surface area contributed by atoms with Gasteiger partial charge in [-0.05, 0) is 29.3 Å². The maximum atomic E-state index is 13.9. The first kappa shape index (κ1) is 21.6. The quantitative estimate of drug-likeness (QED) is 0.575. The lowest BCUT2D eigenvalue weighted by Gasteiger charge is -2.21. The van der Waals surface area contributed by atoms with Crippen LogP contribution < -0.4 is 10.6 Å². The van der Waals surface area contributed by atoms with E-state index in [0.717, 1.165) is 4.47 Å². The van der Waals surface area contributed by atoms with Crippen LogP contribution in [0.1, 0.15) is 18.1 Å². The molecular formula is C20H20BrFN2O4. The van der Waals surface area contributed by atoms with Crippen molar-refractivity contribution in [3.8, 4) is 0 Å². The van der Waals surface area contributed by atoms with Crippen LogP contribution >= 0.6 is 15.9 Å². The van der Waals surface area contributed by atoms with Crippen LogP contribution in [0.25, 0.3) is 0 Å². The number of carboxylic acids is 1. The second-order valence-electron chi connectivity index (χ2n) is 6.28. The van der Waals surface area contributed by atoms with Crippen LogP contribution in [-0.2, 0) is 27.2 Å². The van der Waals surface area contributed by atoms with Gasteiger partial charge in [0.15, 0.2) is 0 Å². The minimum absolute atomic E-state index is 0.0625. The van der Waals surface area contributed by atoms with E-state index >= 15 is 0 Å². The maximum Gasteiger partial charge on any atom is 0.326 e. The van der Waals surface area contributed by atoms with Crippen LogP contribution in [0, 0.1) is 5.82 Å². The molecule has 0 aliphatic heterocycles. The Morgan fingerprint density at radius 3 is 2.36 bits per heavy atom. The first-order chi connectivity index (χ1) is 13.3. The van der Waals surface area contributed by atoms with E-state index in [1.807, 2.05) is 0 Å². The predicted molar refractivity (Wildman–Crippen MR) is 105 cm³/mol. The van der Waals surface area contributed by atoms with Crippen LogP contribution in [0.3, 0.4) is 0 Å². The van der Waals surface area contributed by atoms with Crippen molar-refractivity contribution in [2.45, 2.75) is 31.8 Å². The first-order valence-corrected chi connectivity index (χ1v) is 9.33. The Hall–Kier alpha value is -2.74. The summed E-state index contributed by atoms with van der Waals surface area (Å²) in [5, 5.41) is 14.4. The van der Waals surface area contributed by atoms with Gasteiger partial charge in [-0.1, -0.05) is 46.3 Å². The molecule has 0 bridgehead atoms. The SMILES string of the molecule is CC(=O)N[C@@H](Cc1ccccc1F)C(=O)N[C@@H](Cc1cccc(Br)c1)C(=O)O. The predicted octanol–water partition coefficient (Wildman–Crippen LogP) is 2.45. The Kier molecular flexibility index (Phi) is 7.69. The summed E-state index contributed by atoms with van der Waals surface area (Å²) < 4.78 is 14.7. The Labute approximate surface area is 170 Å². The summed E-state index contributed by atoms with van der Waals surface area (Å²) in [6, 6.07) is 10.7. The molecule has 0 unspecified atom stereocenters. The number of rotatable bonds is 8. The highest BCUT2D eigenvalue weighted by atomic mass is 79.9. The molecule has 28 heavy (non-hydrogen) atoms. The lowest BCUT2D eigenvalue weighted by atomic mass is 10.0. The van der Waals surface area contributed by atoms with Gasteiger partial charge in [0.05, 0.1) is 0 Å². The lowest BCUT2D eigenvalue weighted by molar-refractivity contribution is -0.142. The summed E-state index contributed by atoms with van der Waals surface area (Å²) in [6.45, 7) is 1.23. The molecule has 0 radical (unpaired) electrons. The molecule has 0 aromatic heterocycles. The zero-order chi connectivity index (χ0) is 20.7. The third-order valence-corrected chi connectivity index (χ3v) is 4.51. The van der Waals surface area contributed by atoms with E-state index < -0.39 is 35.7 Å². The van der Waals surface area contributed by atoms with E-state index in [1.54, 1.807) is 30.3 Å². The van der Waals surface area contributed by atoms with Gasteiger partial charge < -0.3 is 15.7 Å². The molecule has 2 rings (SSSR count). The molecule has 2 aromatic rings. The monoisotopic (exact) mass is 450 g/mol. The fourth-order valence-corrected chi connectivity index (χ4v) is 3.16. The second-order valence-corrected chi connectivity index (χ2v) is 7.20. The number of nitrogens with one attached hydrogen (secondary N) is 2. The normalized spacial score (nSPS) is 12.7. The van der Waals surface area contributed by atoms with Crippen LogP contribution in [0.4, 0.5) is 4.39 Å². The minimum Gasteiger partial charge on any atom is -0.480 e. The van der Waals surface area contributed by atoms with Crippen LogP contribution in [0.5, 0.6) is 0 Å². The van der Waals surface area contributed by atoms with Gasteiger partial charge in [0.1, 0.15) is 17.9 Å². The van der Waals surface area contributed by atoms with Gasteiger partial charge in [0.2, 0.25) is 11.8 Å². The van der Waals surface area contributed by atoms with Gasteiger partial charge >= 0.3 is 5.97 Å². The molecule has 2 aromatic carbocycles. The highest BCUT2D eigenvalue weighted by Gasteiger charge is 2.27. The van der Waals surface area contributed by atoms with Gasteiger partial charge in [0, 0.05) is 24.2 Å². The molecule has 6 nitrogen and oxygen atoms in total. The minimum atomic E-state index is -1.21. The molecule has 2 atom stereocenters. The number of benzene rings is 2. The van der Waals surface area contributed by atoms with Crippen molar-refractivity contribution in [3.63, 3.8) is 0 Å². The van der Waals surface area contributed by atoms with E-state index in [4.69, 9.17) is 0 Å². The zero-order valence-corrected chi connectivity index (χ0v) is 16.7. The smallest absolute Gasteiger partial charge is 0.326 e. The number of amides is 2. The molecule has 0 saturated carbocycles. The summed E-state index contributed by atoms with van der Waals surface area (Å²) in [5.74, 6) is -2.88. The maximum absolute atomic E-state index is 13.9. The summed E-state index contributed by atoms with van der Waals surface area (Å²) in [5.41, 5.74) is 0.961. The number of hydrogen-bond acceptors (Lipinski definition) is 3. The van der Waals surface area contributed by atoms with Crippen molar-refractivity contribution in [3.05, 3.63) is 69.9 Å². The van der Waals surface area contributed by atoms with E-state index in [0.29, 0.717) is 5.56 Å². The third kappa shape index (κ3) is 6.45. The van der Waals surface area contributed by atoms with E-state index in [9.17, 15) is 23.9 Å². The molecule has 0 spiro atoms. The average Bonchev–Trinajstić information content (AvgIpc) is 2.62. The lowest BCUT2D eigenvalue weighted by Crippen LogP contribution is -2.52. The van der Waals surface area contributed by atoms with Crippen molar-refractivity contribution in [2.75, 3.05) is 0 Å². The number of carboxylic acid groups (broad SMARTS) is 1. The van der Waals surface area contributed by atoms with Crippen LogP contribution in [0.15, 0.2) is 53.0 Å². The van der Waals surface area contributed by atoms with E-state index in [1.165, 1.54) is 25.1 Å². The fourth-order valence-electron chi connectivity index (χ4n) is 2.71. The molecule has 0 aliphatic rings. The number of aliphatic carboxylic acids is 1. The number of hydrogen-bond donors (Lipinski definition) is 3. The van der Waals surface area contributed by atoms with Gasteiger partial charge in [-0.3, -0.25) is 9.59 Å². The Balaban J connectivity index is 2.15. The number of halogens is 2. The molecule has 0 heterocycles. The largest absolute Gasteiger partial charge is 0.480 e. The molecule has 3 N–H and O–H groups in total. The zero-order valence-electron chi connectivity index (χ0n) is 15.1. The van der Waals surface area contributed by atoms with E-state index in [2.05, 4.69) is 26.6 Å². The van der Waals surface area contributed by atoms with Crippen molar-refractivity contribution in [2.24, 2.45) is 0 Å². The van der Waals surface area contributed by atoms with Gasteiger partial charge in [-0.2, -0.15) is 0 Å². The summed E-state index contributed by atoms with van der Waals surface area (Å²) in [6.07, 6.45) is -0.0334. The molecule has 0 saturated heterocycles. The molecular weight excluding hydrogens is 431 g/mol. The van der Waals surface area contributed by atoms with Crippen LogP contribution in [0.2, 0.25) is 0 Å². The van der Waals surface area contributed by atoms with Crippen LogP contribution in [-0.4, -0.2) is 35.0 Å². The van der Waals surface area contributed by atoms with Gasteiger partial charge in [0.25, 0.3) is 0 Å². The Morgan fingerprint density at radius 2 is 1.75 bits per heavy atom. The second kappa shape index (κ2) is 9.98.